The maximum atomic E-state index is 13.8. The second-order valence-corrected chi connectivity index (χ2v) is 7.83. The first-order chi connectivity index (χ1) is 10.9. The lowest BCUT2D eigenvalue weighted by Crippen LogP contribution is -2.31. The lowest BCUT2D eigenvalue weighted by Gasteiger charge is -2.26. The van der Waals surface area contributed by atoms with Crippen LogP contribution in [0.4, 0.5) is 13.2 Å². The van der Waals surface area contributed by atoms with E-state index in [2.05, 4.69) is 4.72 Å². The van der Waals surface area contributed by atoms with Crippen molar-refractivity contribution in [1.29, 1.82) is 0 Å². The average molecular weight is 359 g/mol. The molecule has 122 valence electrons. The molecule has 1 N–H and O–H groups in total. The predicted molar refractivity (Wildman–Crippen MR) is 81.2 cm³/mol. The van der Waals surface area contributed by atoms with Crippen LogP contribution in [-0.4, -0.2) is 14.2 Å². The molecule has 2 aromatic carbocycles. The zero-order valence-electron chi connectivity index (χ0n) is 11.7. The molecular weight excluding hydrogens is 347 g/mol. The minimum Gasteiger partial charge on any atom is -0.207 e. The highest BCUT2D eigenvalue weighted by Gasteiger charge is 2.29. The van der Waals surface area contributed by atoms with E-state index in [1.165, 1.54) is 23.9 Å². The third-order valence-corrected chi connectivity index (χ3v) is 6.17. The number of hydrogen-bond acceptors (Lipinski definition) is 3. The topological polar surface area (TPSA) is 46.2 Å². The van der Waals surface area contributed by atoms with Crippen molar-refractivity contribution in [2.24, 2.45) is 0 Å². The molecule has 3 rings (SSSR count). The van der Waals surface area contributed by atoms with E-state index in [4.69, 9.17) is 0 Å². The Morgan fingerprint density at radius 1 is 1.09 bits per heavy atom. The number of thioether (sulfide) groups is 1. The van der Waals surface area contributed by atoms with Gasteiger partial charge < -0.3 is 0 Å². The van der Waals surface area contributed by atoms with E-state index in [0.29, 0.717) is 28.7 Å². The quantitative estimate of drug-likeness (QED) is 0.911. The molecule has 0 radical (unpaired) electrons. The van der Waals surface area contributed by atoms with Gasteiger partial charge in [0, 0.05) is 17.0 Å². The van der Waals surface area contributed by atoms with Crippen LogP contribution in [0.5, 0.6) is 0 Å². The van der Waals surface area contributed by atoms with E-state index >= 15 is 0 Å². The van der Waals surface area contributed by atoms with E-state index in [9.17, 15) is 21.6 Å². The maximum Gasteiger partial charge on any atom is 0.244 e. The third kappa shape index (κ3) is 3.24. The summed E-state index contributed by atoms with van der Waals surface area (Å²) in [5.41, 5.74) is 0.521. The van der Waals surface area contributed by atoms with Crippen LogP contribution in [0.25, 0.3) is 0 Å². The van der Waals surface area contributed by atoms with Gasteiger partial charge in [0.1, 0.15) is 22.3 Å². The number of halogens is 3. The van der Waals surface area contributed by atoms with Crippen molar-refractivity contribution in [2.75, 3.05) is 5.75 Å². The number of benzene rings is 2. The van der Waals surface area contributed by atoms with Crippen molar-refractivity contribution in [2.45, 2.75) is 22.3 Å². The Morgan fingerprint density at radius 3 is 2.61 bits per heavy atom. The lowest BCUT2D eigenvalue weighted by molar-refractivity contribution is 0.519. The van der Waals surface area contributed by atoms with E-state index in [0.717, 1.165) is 12.1 Å². The Balaban J connectivity index is 1.95. The van der Waals surface area contributed by atoms with Crippen LogP contribution in [0.2, 0.25) is 0 Å². The summed E-state index contributed by atoms with van der Waals surface area (Å²) in [5.74, 6) is -1.90. The molecule has 0 unspecified atom stereocenters. The van der Waals surface area contributed by atoms with Gasteiger partial charge in [-0.05, 0) is 35.9 Å². The molecule has 1 heterocycles. The fourth-order valence-electron chi connectivity index (χ4n) is 2.45. The first-order valence-corrected chi connectivity index (χ1v) is 9.24. The maximum absolute atomic E-state index is 13.8. The van der Waals surface area contributed by atoms with Crippen molar-refractivity contribution in [1.82, 2.24) is 4.72 Å². The summed E-state index contributed by atoms with van der Waals surface area (Å²) in [6.07, 6.45) is 0.448. The summed E-state index contributed by atoms with van der Waals surface area (Å²) < 4.78 is 67.6. The summed E-state index contributed by atoms with van der Waals surface area (Å²) >= 11 is 1.31. The van der Waals surface area contributed by atoms with Crippen LogP contribution < -0.4 is 4.72 Å². The zero-order valence-corrected chi connectivity index (χ0v) is 13.4. The van der Waals surface area contributed by atoms with Crippen LogP contribution in [0, 0.1) is 17.5 Å². The van der Waals surface area contributed by atoms with Crippen LogP contribution >= 0.6 is 11.8 Å². The average Bonchev–Trinajstić information content (AvgIpc) is 2.47. The van der Waals surface area contributed by atoms with Crippen molar-refractivity contribution in [3.63, 3.8) is 0 Å². The van der Waals surface area contributed by atoms with Gasteiger partial charge in [0.05, 0.1) is 0 Å². The summed E-state index contributed by atoms with van der Waals surface area (Å²) in [6, 6.07) is 6.05. The van der Waals surface area contributed by atoms with Crippen molar-refractivity contribution in [3.05, 3.63) is 59.4 Å². The molecule has 0 aliphatic carbocycles. The molecule has 0 saturated carbocycles. The molecule has 3 nitrogen and oxygen atoms in total. The molecule has 0 fully saturated rings. The fourth-order valence-corrected chi connectivity index (χ4v) is 4.90. The van der Waals surface area contributed by atoms with Crippen molar-refractivity contribution >= 4 is 21.8 Å². The lowest BCUT2D eigenvalue weighted by atomic mass is 10.0. The van der Waals surface area contributed by atoms with Gasteiger partial charge in [-0.25, -0.2) is 26.3 Å². The molecule has 0 amide bonds. The van der Waals surface area contributed by atoms with Gasteiger partial charge in [0.2, 0.25) is 10.0 Å². The highest BCUT2D eigenvalue weighted by atomic mass is 32.2. The van der Waals surface area contributed by atoms with E-state index in [-0.39, 0.29) is 0 Å². The number of rotatable bonds is 3. The molecule has 23 heavy (non-hydrogen) atoms. The SMILES string of the molecule is O=S(=O)(N[C@@H]1CCSc2c(F)cccc21)c1ccc(F)cc1F. The largest absolute Gasteiger partial charge is 0.244 e. The molecule has 0 spiro atoms. The smallest absolute Gasteiger partial charge is 0.207 e. The number of sulfonamides is 1. The van der Waals surface area contributed by atoms with Gasteiger partial charge in [-0.2, -0.15) is 0 Å². The highest BCUT2D eigenvalue weighted by Crippen LogP contribution is 2.38. The Bertz CT molecular complexity index is 856. The first-order valence-electron chi connectivity index (χ1n) is 6.77. The Labute approximate surface area is 136 Å². The Kier molecular flexibility index (Phi) is 4.39. The minimum atomic E-state index is -4.19. The molecular formula is C15H12F3NO2S2. The van der Waals surface area contributed by atoms with Gasteiger partial charge in [0.15, 0.2) is 0 Å². The molecule has 8 heteroatoms. The van der Waals surface area contributed by atoms with E-state index in [1.807, 2.05) is 0 Å². The van der Waals surface area contributed by atoms with Crippen LogP contribution in [0.1, 0.15) is 18.0 Å². The predicted octanol–water partition coefficient (Wildman–Crippen LogP) is 3.62. The fraction of sp³-hybridized carbons (Fsp3) is 0.200. The van der Waals surface area contributed by atoms with Crippen LogP contribution in [0.3, 0.4) is 0 Å². The minimum absolute atomic E-state index is 0.394. The second kappa shape index (κ2) is 6.18. The third-order valence-electron chi connectivity index (χ3n) is 3.51. The monoisotopic (exact) mass is 359 g/mol. The van der Waals surface area contributed by atoms with Gasteiger partial charge in [-0.3, -0.25) is 0 Å². The molecule has 2 aromatic rings. The number of nitrogens with one attached hydrogen (secondary N) is 1. The zero-order chi connectivity index (χ0) is 16.6. The van der Waals surface area contributed by atoms with Crippen LogP contribution in [-0.2, 0) is 10.0 Å². The molecule has 1 atom stereocenters. The molecule has 0 bridgehead atoms. The molecule has 0 saturated heterocycles. The van der Waals surface area contributed by atoms with Crippen molar-refractivity contribution in [3.8, 4) is 0 Å². The van der Waals surface area contributed by atoms with Crippen LogP contribution in [0.15, 0.2) is 46.2 Å². The summed E-state index contributed by atoms with van der Waals surface area (Å²) in [6.45, 7) is 0. The van der Waals surface area contributed by atoms with E-state index < -0.39 is 38.4 Å². The molecule has 0 aromatic heterocycles. The molecule has 1 aliphatic rings. The summed E-state index contributed by atoms with van der Waals surface area (Å²) in [7, 11) is -4.19. The normalized spacial score (nSPS) is 17.8. The number of hydrogen-bond donors (Lipinski definition) is 1. The first kappa shape index (κ1) is 16.4. The Hall–Kier alpha value is -1.51. The van der Waals surface area contributed by atoms with Crippen molar-refractivity contribution < 1.29 is 21.6 Å². The van der Waals surface area contributed by atoms with Gasteiger partial charge in [-0.1, -0.05) is 12.1 Å². The standard InChI is InChI=1S/C15H12F3NO2S2/c16-9-4-5-14(12(18)8-9)23(20,21)19-13-6-7-22-15-10(13)2-1-3-11(15)17/h1-5,8,13,19H,6-7H2/t13-/m1/s1. The number of fused-ring (bicyclic) bond motifs is 1. The Morgan fingerprint density at radius 2 is 1.87 bits per heavy atom. The second-order valence-electron chi connectivity index (χ2n) is 5.04. The summed E-state index contributed by atoms with van der Waals surface area (Å²) in [5, 5.41) is 0. The molecule has 1 aliphatic heterocycles. The van der Waals surface area contributed by atoms with Gasteiger partial charge >= 0.3 is 0 Å². The summed E-state index contributed by atoms with van der Waals surface area (Å²) in [4.78, 5) is -0.235. The van der Waals surface area contributed by atoms with Gasteiger partial charge in [0.25, 0.3) is 0 Å². The highest BCUT2D eigenvalue weighted by molar-refractivity contribution is 7.99. The van der Waals surface area contributed by atoms with E-state index in [1.54, 1.807) is 6.07 Å². The van der Waals surface area contributed by atoms with Gasteiger partial charge in [-0.15, -0.1) is 11.8 Å².